The third kappa shape index (κ3) is 2.53. The monoisotopic (exact) mass is 236 g/mol. The molecule has 0 radical (unpaired) electrons. The van der Waals surface area contributed by atoms with Gasteiger partial charge in [-0.3, -0.25) is 4.90 Å². The molecule has 3 rings (SSSR count). The second kappa shape index (κ2) is 4.89. The lowest BCUT2D eigenvalue weighted by Gasteiger charge is -2.43. The quantitative estimate of drug-likeness (QED) is 0.789. The summed E-state index contributed by atoms with van der Waals surface area (Å²) in [6.07, 6.45) is 10.2. The van der Waals surface area contributed by atoms with E-state index in [2.05, 4.69) is 24.1 Å². The number of nitrogens with one attached hydrogen (secondary N) is 1. The van der Waals surface area contributed by atoms with Crippen LogP contribution in [0, 0.1) is 5.92 Å². The van der Waals surface area contributed by atoms with E-state index in [9.17, 15) is 0 Å². The zero-order chi connectivity index (χ0) is 11.8. The lowest BCUT2D eigenvalue weighted by Crippen LogP contribution is -2.52. The van der Waals surface area contributed by atoms with Gasteiger partial charge >= 0.3 is 0 Å². The third-order valence-electron chi connectivity index (χ3n) is 5.16. The first-order valence-electron chi connectivity index (χ1n) is 7.78. The van der Waals surface area contributed by atoms with E-state index >= 15 is 0 Å². The Hall–Kier alpha value is -0.0800. The fraction of sp³-hybridized carbons (Fsp3) is 1.00. The van der Waals surface area contributed by atoms with E-state index in [0.29, 0.717) is 0 Å². The molecule has 3 atom stereocenters. The van der Waals surface area contributed by atoms with Gasteiger partial charge in [0.05, 0.1) is 0 Å². The van der Waals surface area contributed by atoms with Crippen molar-refractivity contribution in [3.8, 4) is 0 Å². The molecular weight excluding hydrogens is 208 g/mol. The first kappa shape index (κ1) is 12.0. The molecule has 0 spiro atoms. The molecule has 2 nitrogen and oxygen atoms in total. The van der Waals surface area contributed by atoms with Crippen LogP contribution in [-0.2, 0) is 0 Å². The number of hydrogen-bond acceptors (Lipinski definition) is 2. The minimum Gasteiger partial charge on any atom is -0.314 e. The van der Waals surface area contributed by atoms with Gasteiger partial charge in [-0.1, -0.05) is 19.8 Å². The van der Waals surface area contributed by atoms with Crippen LogP contribution in [0.15, 0.2) is 0 Å². The zero-order valence-electron chi connectivity index (χ0n) is 11.5. The summed E-state index contributed by atoms with van der Waals surface area (Å²) in [5.41, 5.74) is 0. The number of nitrogens with zero attached hydrogens (tertiary/aromatic N) is 1. The van der Waals surface area contributed by atoms with Crippen LogP contribution in [0.2, 0.25) is 0 Å². The number of rotatable bonds is 5. The Morgan fingerprint density at radius 1 is 1.12 bits per heavy atom. The van der Waals surface area contributed by atoms with Crippen molar-refractivity contribution in [2.24, 2.45) is 5.92 Å². The van der Waals surface area contributed by atoms with Crippen LogP contribution in [-0.4, -0.2) is 35.6 Å². The molecular formula is C15H28N2. The number of hydrogen-bond donors (Lipinski definition) is 1. The lowest BCUT2D eigenvalue weighted by molar-refractivity contribution is 0.0713. The van der Waals surface area contributed by atoms with Crippen molar-refractivity contribution >= 4 is 0 Å². The van der Waals surface area contributed by atoms with E-state index in [-0.39, 0.29) is 0 Å². The van der Waals surface area contributed by atoms with Crippen molar-refractivity contribution in [1.29, 1.82) is 0 Å². The summed E-state index contributed by atoms with van der Waals surface area (Å²) in [5, 5.41) is 3.67. The van der Waals surface area contributed by atoms with Crippen molar-refractivity contribution in [2.75, 3.05) is 6.54 Å². The van der Waals surface area contributed by atoms with Crippen LogP contribution >= 0.6 is 0 Å². The largest absolute Gasteiger partial charge is 0.314 e. The highest BCUT2D eigenvalue weighted by Crippen LogP contribution is 2.41. The average Bonchev–Trinajstić information content (AvgIpc) is 3.05. The van der Waals surface area contributed by atoms with Gasteiger partial charge in [-0.15, -0.1) is 0 Å². The molecule has 3 fully saturated rings. The smallest absolute Gasteiger partial charge is 0.0116 e. The van der Waals surface area contributed by atoms with Gasteiger partial charge < -0.3 is 5.32 Å². The highest BCUT2D eigenvalue weighted by atomic mass is 15.3. The molecule has 2 heteroatoms. The summed E-state index contributed by atoms with van der Waals surface area (Å²) >= 11 is 0. The molecule has 98 valence electrons. The van der Waals surface area contributed by atoms with Crippen molar-refractivity contribution < 1.29 is 0 Å². The number of fused-ring (bicyclic) bond motifs is 2. The maximum absolute atomic E-state index is 3.67. The fourth-order valence-corrected chi connectivity index (χ4v) is 4.35. The van der Waals surface area contributed by atoms with E-state index in [1.807, 2.05) is 0 Å². The molecule has 3 aliphatic rings. The van der Waals surface area contributed by atoms with Gasteiger partial charge in [0.15, 0.2) is 0 Å². The molecule has 2 aliphatic heterocycles. The van der Waals surface area contributed by atoms with E-state index in [0.717, 1.165) is 36.6 Å². The zero-order valence-corrected chi connectivity index (χ0v) is 11.5. The van der Waals surface area contributed by atoms with Crippen LogP contribution in [0.4, 0.5) is 0 Å². The van der Waals surface area contributed by atoms with E-state index in [1.165, 1.54) is 44.9 Å². The average molecular weight is 236 g/mol. The van der Waals surface area contributed by atoms with Crippen molar-refractivity contribution in [1.82, 2.24) is 10.2 Å². The third-order valence-corrected chi connectivity index (χ3v) is 5.16. The predicted octanol–water partition coefficient (Wildman–Crippen LogP) is 2.78. The summed E-state index contributed by atoms with van der Waals surface area (Å²) in [6, 6.07) is 3.45. The van der Waals surface area contributed by atoms with Crippen LogP contribution in [0.3, 0.4) is 0 Å². The topological polar surface area (TPSA) is 15.3 Å². The Balaban J connectivity index is 1.59. The Kier molecular flexibility index (Phi) is 3.45. The normalized spacial score (nSPS) is 39.5. The van der Waals surface area contributed by atoms with Crippen LogP contribution in [0.1, 0.15) is 58.8 Å². The van der Waals surface area contributed by atoms with Crippen LogP contribution in [0.25, 0.3) is 0 Å². The van der Waals surface area contributed by atoms with Crippen LogP contribution in [0.5, 0.6) is 0 Å². The summed E-state index contributed by atoms with van der Waals surface area (Å²) < 4.78 is 0. The standard InChI is InChI=1S/C15H28N2/c1-3-16-13-9-14-6-7-15(10-13)17(14)11(2)8-12-4-5-12/h11-16H,3-10H2,1-2H3. The lowest BCUT2D eigenvalue weighted by atomic mass is 9.94. The maximum atomic E-state index is 3.67. The van der Waals surface area contributed by atoms with Gasteiger partial charge in [0.2, 0.25) is 0 Å². The summed E-state index contributed by atoms with van der Waals surface area (Å²) in [7, 11) is 0. The fourth-order valence-electron chi connectivity index (χ4n) is 4.35. The first-order valence-corrected chi connectivity index (χ1v) is 7.78. The van der Waals surface area contributed by atoms with Gasteiger partial charge in [0, 0.05) is 24.2 Å². The van der Waals surface area contributed by atoms with Crippen molar-refractivity contribution in [3.05, 3.63) is 0 Å². The Bertz CT molecular complexity index is 248. The molecule has 2 bridgehead atoms. The minimum atomic E-state index is 0.807. The summed E-state index contributed by atoms with van der Waals surface area (Å²) in [4.78, 5) is 2.90. The molecule has 2 heterocycles. The maximum Gasteiger partial charge on any atom is 0.0116 e. The van der Waals surface area contributed by atoms with Crippen LogP contribution < -0.4 is 5.32 Å². The molecule has 0 aromatic rings. The molecule has 0 aromatic heterocycles. The Morgan fingerprint density at radius 3 is 2.29 bits per heavy atom. The van der Waals surface area contributed by atoms with E-state index in [4.69, 9.17) is 0 Å². The van der Waals surface area contributed by atoms with Gasteiger partial charge in [0.25, 0.3) is 0 Å². The molecule has 2 saturated heterocycles. The molecule has 0 amide bonds. The van der Waals surface area contributed by atoms with E-state index in [1.54, 1.807) is 0 Å². The summed E-state index contributed by atoms with van der Waals surface area (Å²) in [5.74, 6) is 1.08. The van der Waals surface area contributed by atoms with Crippen molar-refractivity contribution in [2.45, 2.75) is 83.0 Å². The Labute approximate surface area is 106 Å². The van der Waals surface area contributed by atoms with Gasteiger partial charge in [-0.2, -0.15) is 0 Å². The molecule has 0 aromatic carbocycles. The molecule has 1 N–H and O–H groups in total. The minimum absolute atomic E-state index is 0.807. The second-order valence-corrected chi connectivity index (χ2v) is 6.59. The second-order valence-electron chi connectivity index (χ2n) is 6.59. The van der Waals surface area contributed by atoms with Gasteiger partial charge in [0.1, 0.15) is 0 Å². The first-order chi connectivity index (χ1) is 8.28. The number of piperidine rings is 1. The highest BCUT2D eigenvalue weighted by Gasteiger charge is 2.43. The van der Waals surface area contributed by atoms with Gasteiger partial charge in [-0.05, 0) is 51.5 Å². The highest BCUT2D eigenvalue weighted by molar-refractivity contribution is 4.99. The molecule has 1 aliphatic carbocycles. The summed E-state index contributed by atoms with van der Waals surface area (Å²) in [6.45, 7) is 5.86. The Morgan fingerprint density at radius 2 is 1.76 bits per heavy atom. The van der Waals surface area contributed by atoms with Gasteiger partial charge in [-0.25, -0.2) is 0 Å². The SMILES string of the molecule is CCNC1CC2CCC(C1)N2C(C)CC1CC1. The van der Waals surface area contributed by atoms with Crippen molar-refractivity contribution in [3.63, 3.8) is 0 Å². The molecule has 1 saturated carbocycles. The molecule has 3 unspecified atom stereocenters. The molecule has 17 heavy (non-hydrogen) atoms. The van der Waals surface area contributed by atoms with E-state index < -0.39 is 0 Å². The predicted molar refractivity (Wildman–Crippen MR) is 72.2 cm³/mol.